The lowest BCUT2D eigenvalue weighted by atomic mass is 10.4. The summed E-state index contributed by atoms with van der Waals surface area (Å²) >= 11 is 0. The van der Waals surface area contributed by atoms with Crippen LogP contribution in [0.5, 0.6) is 0 Å². The van der Waals surface area contributed by atoms with E-state index in [4.69, 9.17) is 5.41 Å². The standard InChI is InChI=1S/C7H13N3O/c1-2-9-7(11)10-5-3-4-6(10)8/h8H,2-5H2,1H3,(H,9,11). The maximum atomic E-state index is 11.1. The van der Waals surface area contributed by atoms with Crippen LogP contribution in [0, 0.1) is 5.41 Å². The minimum atomic E-state index is -0.130. The number of amidine groups is 1. The summed E-state index contributed by atoms with van der Waals surface area (Å²) in [7, 11) is 0. The fraction of sp³-hybridized carbons (Fsp3) is 0.714. The number of hydrogen-bond donors (Lipinski definition) is 2. The maximum Gasteiger partial charge on any atom is 0.322 e. The zero-order chi connectivity index (χ0) is 8.27. The van der Waals surface area contributed by atoms with Crippen LogP contribution in [0.3, 0.4) is 0 Å². The van der Waals surface area contributed by atoms with Gasteiger partial charge in [-0.15, -0.1) is 0 Å². The number of carbonyl (C=O) groups is 1. The van der Waals surface area contributed by atoms with Crippen molar-refractivity contribution in [3.63, 3.8) is 0 Å². The zero-order valence-corrected chi connectivity index (χ0v) is 6.68. The van der Waals surface area contributed by atoms with Gasteiger partial charge in [0.05, 0.1) is 0 Å². The van der Waals surface area contributed by atoms with Crippen molar-refractivity contribution in [2.24, 2.45) is 0 Å². The molecule has 2 N–H and O–H groups in total. The second-order valence-corrected chi connectivity index (χ2v) is 2.54. The first-order valence-corrected chi connectivity index (χ1v) is 3.88. The molecule has 2 amide bonds. The highest BCUT2D eigenvalue weighted by Crippen LogP contribution is 2.09. The third-order valence-corrected chi connectivity index (χ3v) is 1.69. The minimum Gasteiger partial charge on any atom is -0.338 e. The van der Waals surface area contributed by atoms with Crippen LogP contribution in [0.2, 0.25) is 0 Å². The second-order valence-electron chi connectivity index (χ2n) is 2.54. The fourth-order valence-electron chi connectivity index (χ4n) is 1.15. The Kier molecular flexibility index (Phi) is 2.46. The van der Waals surface area contributed by atoms with Crippen LogP contribution in [0.15, 0.2) is 0 Å². The number of amides is 2. The van der Waals surface area contributed by atoms with Crippen molar-refractivity contribution in [3.05, 3.63) is 0 Å². The van der Waals surface area contributed by atoms with Gasteiger partial charge in [-0.25, -0.2) is 4.79 Å². The van der Waals surface area contributed by atoms with Crippen LogP contribution in [0.4, 0.5) is 4.79 Å². The van der Waals surface area contributed by atoms with Crippen molar-refractivity contribution in [2.75, 3.05) is 13.1 Å². The Labute approximate surface area is 66.1 Å². The van der Waals surface area contributed by atoms with Crippen LogP contribution in [0.1, 0.15) is 19.8 Å². The Hall–Kier alpha value is -1.06. The topological polar surface area (TPSA) is 56.2 Å². The van der Waals surface area contributed by atoms with E-state index in [2.05, 4.69) is 5.32 Å². The molecule has 1 heterocycles. The monoisotopic (exact) mass is 155 g/mol. The van der Waals surface area contributed by atoms with E-state index in [0.29, 0.717) is 18.9 Å². The molecule has 0 aromatic carbocycles. The summed E-state index contributed by atoms with van der Waals surface area (Å²) in [6, 6.07) is -0.130. The molecule has 1 aliphatic heterocycles. The van der Waals surface area contributed by atoms with E-state index in [1.165, 1.54) is 4.90 Å². The summed E-state index contributed by atoms with van der Waals surface area (Å²) in [5.74, 6) is 0.441. The Bertz CT molecular complexity index is 179. The van der Waals surface area contributed by atoms with Gasteiger partial charge < -0.3 is 5.32 Å². The lowest BCUT2D eigenvalue weighted by Crippen LogP contribution is -2.40. The Balaban J connectivity index is 2.46. The van der Waals surface area contributed by atoms with Gasteiger partial charge in [-0.05, 0) is 13.3 Å². The van der Waals surface area contributed by atoms with Crippen molar-refractivity contribution < 1.29 is 4.79 Å². The number of nitrogens with one attached hydrogen (secondary N) is 2. The molecule has 0 aromatic heterocycles. The number of nitrogens with zero attached hydrogens (tertiary/aromatic N) is 1. The molecule has 1 saturated heterocycles. The molecule has 0 aromatic rings. The molecular formula is C7H13N3O. The van der Waals surface area contributed by atoms with Crippen molar-refractivity contribution in [1.82, 2.24) is 10.2 Å². The van der Waals surface area contributed by atoms with Crippen LogP contribution >= 0.6 is 0 Å². The quantitative estimate of drug-likeness (QED) is 0.578. The molecule has 0 bridgehead atoms. The van der Waals surface area contributed by atoms with Gasteiger partial charge in [0.15, 0.2) is 0 Å². The SMILES string of the molecule is CCNC(=O)N1CCCC1=N. The molecule has 4 heteroatoms. The largest absolute Gasteiger partial charge is 0.338 e. The first-order valence-electron chi connectivity index (χ1n) is 3.88. The normalized spacial score (nSPS) is 17.2. The maximum absolute atomic E-state index is 11.1. The number of likely N-dealkylation sites (tertiary alicyclic amines) is 1. The van der Waals surface area contributed by atoms with Gasteiger partial charge >= 0.3 is 6.03 Å². The van der Waals surface area contributed by atoms with E-state index in [1.54, 1.807) is 0 Å². The van der Waals surface area contributed by atoms with Crippen LogP contribution in [0.25, 0.3) is 0 Å². The first-order chi connectivity index (χ1) is 5.25. The van der Waals surface area contributed by atoms with E-state index < -0.39 is 0 Å². The lowest BCUT2D eigenvalue weighted by Gasteiger charge is -2.15. The van der Waals surface area contributed by atoms with Crippen molar-refractivity contribution in [1.29, 1.82) is 5.41 Å². The molecule has 1 aliphatic rings. The third-order valence-electron chi connectivity index (χ3n) is 1.69. The Morgan fingerprint density at radius 3 is 3.00 bits per heavy atom. The molecule has 0 radical (unpaired) electrons. The summed E-state index contributed by atoms with van der Waals surface area (Å²) in [6.45, 7) is 3.20. The molecule has 4 nitrogen and oxygen atoms in total. The molecular weight excluding hydrogens is 142 g/mol. The van der Waals surface area contributed by atoms with Gasteiger partial charge in [-0.2, -0.15) is 0 Å². The molecule has 0 atom stereocenters. The smallest absolute Gasteiger partial charge is 0.322 e. The van der Waals surface area contributed by atoms with Crippen LogP contribution < -0.4 is 5.32 Å². The van der Waals surface area contributed by atoms with Crippen molar-refractivity contribution >= 4 is 11.9 Å². The van der Waals surface area contributed by atoms with Gasteiger partial charge in [0.25, 0.3) is 0 Å². The zero-order valence-electron chi connectivity index (χ0n) is 6.68. The molecule has 0 aliphatic carbocycles. The summed E-state index contributed by atoms with van der Waals surface area (Å²) < 4.78 is 0. The van der Waals surface area contributed by atoms with Crippen molar-refractivity contribution in [3.8, 4) is 0 Å². The lowest BCUT2D eigenvalue weighted by molar-refractivity contribution is 0.223. The summed E-state index contributed by atoms with van der Waals surface area (Å²) in [6.07, 6.45) is 1.66. The van der Waals surface area contributed by atoms with Gasteiger partial charge in [-0.3, -0.25) is 10.3 Å². The van der Waals surface area contributed by atoms with E-state index >= 15 is 0 Å². The molecule has 1 fully saturated rings. The fourth-order valence-corrected chi connectivity index (χ4v) is 1.15. The highest BCUT2D eigenvalue weighted by atomic mass is 16.2. The molecule has 0 unspecified atom stereocenters. The molecule has 0 saturated carbocycles. The predicted molar refractivity (Wildman–Crippen MR) is 42.7 cm³/mol. The second kappa shape index (κ2) is 3.37. The minimum absolute atomic E-state index is 0.130. The van der Waals surface area contributed by atoms with Gasteiger partial charge in [-0.1, -0.05) is 0 Å². The summed E-state index contributed by atoms with van der Waals surface area (Å²) in [5.41, 5.74) is 0. The summed E-state index contributed by atoms with van der Waals surface area (Å²) in [5, 5.41) is 10.0. The Morgan fingerprint density at radius 1 is 1.82 bits per heavy atom. The summed E-state index contributed by atoms with van der Waals surface area (Å²) in [4.78, 5) is 12.6. The van der Waals surface area contributed by atoms with Crippen LogP contribution in [-0.4, -0.2) is 29.9 Å². The third kappa shape index (κ3) is 1.69. The molecule has 11 heavy (non-hydrogen) atoms. The van der Waals surface area contributed by atoms with E-state index in [0.717, 1.165) is 12.8 Å². The number of urea groups is 1. The van der Waals surface area contributed by atoms with Crippen molar-refractivity contribution in [2.45, 2.75) is 19.8 Å². The average Bonchev–Trinajstić information content (AvgIpc) is 2.36. The van der Waals surface area contributed by atoms with E-state index in [-0.39, 0.29) is 6.03 Å². The van der Waals surface area contributed by atoms with Gasteiger partial charge in [0, 0.05) is 19.5 Å². The highest BCUT2D eigenvalue weighted by molar-refractivity contribution is 5.97. The first kappa shape index (κ1) is 8.04. The molecule has 62 valence electrons. The Morgan fingerprint density at radius 2 is 2.55 bits per heavy atom. The van der Waals surface area contributed by atoms with Gasteiger partial charge in [0.2, 0.25) is 0 Å². The van der Waals surface area contributed by atoms with E-state index in [9.17, 15) is 4.79 Å². The number of carbonyl (C=O) groups excluding carboxylic acids is 1. The number of rotatable bonds is 1. The highest BCUT2D eigenvalue weighted by Gasteiger charge is 2.22. The predicted octanol–water partition coefficient (Wildman–Crippen LogP) is 0.789. The molecule has 1 rings (SSSR count). The molecule has 0 spiro atoms. The average molecular weight is 155 g/mol. The van der Waals surface area contributed by atoms with Gasteiger partial charge in [0.1, 0.15) is 5.84 Å². The van der Waals surface area contributed by atoms with E-state index in [1.807, 2.05) is 6.92 Å². The van der Waals surface area contributed by atoms with Crippen LogP contribution in [-0.2, 0) is 0 Å². The number of hydrogen-bond acceptors (Lipinski definition) is 2.